The molecule has 1 aromatic rings. The molecule has 6 heteroatoms. The summed E-state index contributed by atoms with van der Waals surface area (Å²) in [6.45, 7) is 3.50. The van der Waals surface area contributed by atoms with Gasteiger partial charge in [0.25, 0.3) is 0 Å². The van der Waals surface area contributed by atoms with Gasteiger partial charge < -0.3 is 10.2 Å². The first-order chi connectivity index (χ1) is 9.49. The fourth-order valence-electron chi connectivity index (χ4n) is 2.32. The molecule has 1 N–H and O–H groups in total. The van der Waals surface area contributed by atoms with Gasteiger partial charge in [0.15, 0.2) is 0 Å². The van der Waals surface area contributed by atoms with Crippen molar-refractivity contribution in [2.24, 2.45) is 0 Å². The summed E-state index contributed by atoms with van der Waals surface area (Å²) in [6.07, 6.45) is 3.35. The van der Waals surface area contributed by atoms with E-state index in [0.29, 0.717) is 20.8 Å². The molecule has 0 bridgehead atoms. The molecule has 0 aromatic heterocycles. The van der Waals surface area contributed by atoms with Gasteiger partial charge in [-0.2, -0.15) is 0 Å². The van der Waals surface area contributed by atoms with Crippen LogP contribution in [0.4, 0.5) is 5.69 Å². The second-order valence-electron chi connectivity index (χ2n) is 5.00. The molecule has 0 aliphatic carbocycles. The lowest BCUT2D eigenvalue weighted by Crippen LogP contribution is -2.43. The molecule has 0 radical (unpaired) electrons. The smallest absolute Gasteiger partial charge is 0.244 e. The van der Waals surface area contributed by atoms with Gasteiger partial charge in [-0.3, -0.25) is 4.79 Å². The van der Waals surface area contributed by atoms with E-state index in [1.165, 1.54) is 6.42 Å². The third-order valence-corrected chi connectivity index (χ3v) is 4.45. The number of benzene rings is 1. The Balaban J connectivity index is 2.05. The maximum absolute atomic E-state index is 12.3. The van der Waals surface area contributed by atoms with Gasteiger partial charge in [-0.05, 0) is 38.3 Å². The first-order valence-corrected chi connectivity index (χ1v) is 7.82. The molecule has 2 rings (SSSR count). The summed E-state index contributed by atoms with van der Waals surface area (Å²) >= 11 is 18.0. The summed E-state index contributed by atoms with van der Waals surface area (Å²) < 4.78 is 0. The van der Waals surface area contributed by atoms with Crippen molar-refractivity contribution in [1.82, 2.24) is 4.90 Å². The topological polar surface area (TPSA) is 32.3 Å². The van der Waals surface area contributed by atoms with Crippen LogP contribution in [0.15, 0.2) is 12.1 Å². The van der Waals surface area contributed by atoms with Gasteiger partial charge in [0.1, 0.15) is 6.04 Å². The maximum atomic E-state index is 12.3. The van der Waals surface area contributed by atoms with Crippen LogP contribution in [0, 0.1) is 0 Å². The minimum atomic E-state index is -0.345. The number of piperidine rings is 1. The van der Waals surface area contributed by atoms with Gasteiger partial charge in [-0.15, -0.1) is 0 Å². The molecule has 1 aromatic carbocycles. The Kier molecular flexibility index (Phi) is 5.42. The van der Waals surface area contributed by atoms with E-state index < -0.39 is 0 Å². The number of carbonyl (C=O) groups is 1. The number of likely N-dealkylation sites (tertiary alicyclic amines) is 1. The molecule has 0 saturated carbocycles. The highest BCUT2D eigenvalue weighted by molar-refractivity contribution is 6.44. The zero-order valence-corrected chi connectivity index (χ0v) is 13.5. The minimum Gasteiger partial charge on any atom is -0.373 e. The first kappa shape index (κ1) is 15.7. The normalized spacial score (nSPS) is 16.9. The van der Waals surface area contributed by atoms with Gasteiger partial charge in [0.05, 0.1) is 20.8 Å². The van der Waals surface area contributed by atoms with Crippen LogP contribution in [-0.4, -0.2) is 29.9 Å². The Morgan fingerprint density at radius 1 is 1.10 bits per heavy atom. The summed E-state index contributed by atoms with van der Waals surface area (Å²) in [6, 6.07) is 2.88. The van der Waals surface area contributed by atoms with Crippen LogP contribution in [0.1, 0.15) is 26.2 Å². The van der Waals surface area contributed by atoms with E-state index in [9.17, 15) is 4.79 Å². The van der Waals surface area contributed by atoms with E-state index in [0.717, 1.165) is 25.9 Å². The maximum Gasteiger partial charge on any atom is 0.244 e. The largest absolute Gasteiger partial charge is 0.373 e. The molecule has 3 nitrogen and oxygen atoms in total. The number of hydrogen-bond donors (Lipinski definition) is 1. The molecule has 1 saturated heterocycles. The molecule has 1 unspecified atom stereocenters. The van der Waals surface area contributed by atoms with E-state index in [4.69, 9.17) is 34.8 Å². The van der Waals surface area contributed by atoms with Crippen molar-refractivity contribution in [3.63, 3.8) is 0 Å². The fraction of sp³-hybridized carbons (Fsp3) is 0.500. The Morgan fingerprint density at radius 3 is 2.35 bits per heavy atom. The van der Waals surface area contributed by atoms with Crippen molar-refractivity contribution in [3.05, 3.63) is 27.2 Å². The third kappa shape index (κ3) is 3.72. The minimum absolute atomic E-state index is 0.0897. The van der Waals surface area contributed by atoms with Gasteiger partial charge in [-0.25, -0.2) is 0 Å². The SMILES string of the molecule is CC(Nc1cc(Cl)c(Cl)cc1Cl)C(=O)N1CCCCC1. The summed E-state index contributed by atoms with van der Waals surface area (Å²) in [4.78, 5) is 14.2. The number of nitrogens with one attached hydrogen (secondary N) is 1. The second kappa shape index (κ2) is 6.88. The highest BCUT2D eigenvalue weighted by Crippen LogP contribution is 2.32. The molecule has 1 heterocycles. The van der Waals surface area contributed by atoms with E-state index in [2.05, 4.69) is 5.32 Å². The van der Waals surface area contributed by atoms with Crippen molar-refractivity contribution in [2.45, 2.75) is 32.2 Å². The molecule has 0 spiro atoms. The summed E-state index contributed by atoms with van der Waals surface area (Å²) in [5.74, 6) is 0.0897. The monoisotopic (exact) mass is 334 g/mol. The van der Waals surface area contributed by atoms with Gasteiger partial charge in [-0.1, -0.05) is 34.8 Å². The highest BCUT2D eigenvalue weighted by atomic mass is 35.5. The molecule has 1 fully saturated rings. The summed E-state index contributed by atoms with van der Waals surface area (Å²) in [7, 11) is 0. The molecule has 110 valence electrons. The van der Waals surface area contributed by atoms with Crippen molar-refractivity contribution < 1.29 is 4.79 Å². The molecule has 1 amide bonds. The lowest BCUT2D eigenvalue weighted by molar-refractivity contribution is -0.132. The lowest BCUT2D eigenvalue weighted by atomic mass is 10.1. The molecule has 20 heavy (non-hydrogen) atoms. The third-order valence-electron chi connectivity index (χ3n) is 3.42. The number of carbonyl (C=O) groups excluding carboxylic acids is 1. The van der Waals surface area contributed by atoms with Crippen LogP contribution in [0.3, 0.4) is 0 Å². The van der Waals surface area contributed by atoms with Gasteiger partial charge in [0, 0.05) is 13.1 Å². The fourth-order valence-corrected chi connectivity index (χ4v) is 2.92. The second-order valence-corrected chi connectivity index (χ2v) is 6.22. The van der Waals surface area contributed by atoms with Crippen LogP contribution in [0.5, 0.6) is 0 Å². The number of halogens is 3. The van der Waals surface area contributed by atoms with Crippen molar-refractivity contribution in [2.75, 3.05) is 18.4 Å². The molecular weight excluding hydrogens is 319 g/mol. The number of anilines is 1. The zero-order valence-electron chi connectivity index (χ0n) is 11.3. The van der Waals surface area contributed by atoms with E-state index >= 15 is 0 Å². The Labute approximate surface area is 134 Å². The van der Waals surface area contributed by atoms with Crippen LogP contribution in [0.25, 0.3) is 0 Å². The van der Waals surface area contributed by atoms with E-state index in [1.54, 1.807) is 12.1 Å². The van der Waals surface area contributed by atoms with E-state index in [-0.39, 0.29) is 11.9 Å². The number of amides is 1. The number of rotatable bonds is 3. The molecule has 1 aliphatic heterocycles. The average molecular weight is 336 g/mol. The Bertz CT molecular complexity index is 501. The van der Waals surface area contributed by atoms with Crippen LogP contribution in [0.2, 0.25) is 15.1 Å². The highest BCUT2D eigenvalue weighted by Gasteiger charge is 2.22. The van der Waals surface area contributed by atoms with Gasteiger partial charge in [0.2, 0.25) is 5.91 Å². The number of nitrogens with zero attached hydrogens (tertiary/aromatic N) is 1. The van der Waals surface area contributed by atoms with Crippen molar-refractivity contribution in [3.8, 4) is 0 Å². The molecule has 1 aliphatic rings. The van der Waals surface area contributed by atoms with Gasteiger partial charge >= 0.3 is 0 Å². The van der Waals surface area contributed by atoms with E-state index in [1.807, 2.05) is 11.8 Å². The predicted molar refractivity (Wildman–Crippen MR) is 85.0 cm³/mol. The van der Waals surface area contributed by atoms with Crippen LogP contribution >= 0.6 is 34.8 Å². The Hall–Kier alpha value is -0.640. The number of hydrogen-bond acceptors (Lipinski definition) is 2. The summed E-state index contributed by atoms with van der Waals surface area (Å²) in [5.41, 5.74) is 0.624. The van der Waals surface area contributed by atoms with Crippen LogP contribution in [-0.2, 0) is 4.79 Å². The predicted octanol–water partition coefficient (Wildman–Crippen LogP) is 4.46. The molecular formula is C14H17Cl3N2O. The first-order valence-electron chi connectivity index (χ1n) is 6.69. The summed E-state index contributed by atoms with van der Waals surface area (Å²) in [5, 5.41) is 4.38. The standard InChI is InChI=1S/C14H17Cl3N2O/c1-9(14(20)19-5-3-2-4-6-19)18-13-8-11(16)10(15)7-12(13)17/h7-9,18H,2-6H2,1H3. The lowest BCUT2D eigenvalue weighted by Gasteiger charge is -2.30. The quantitative estimate of drug-likeness (QED) is 0.827. The Morgan fingerprint density at radius 2 is 1.70 bits per heavy atom. The van der Waals surface area contributed by atoms with Crippen molar-refractivity contribution >= 4 is 46.4 Å². The zero-order chi connectivity index (χ0) is 14.7. The molecule has 1 atom stereocenters. The van der Waals surface area contributed by atoms with Crippen LogP contribution < -0.4 is 5.32 Å². The van der Waals surface area contributed by atoms with Crippen molar-refractivity contribution in [1.29, 1.82) is 0 Å². The average Bonchev–Trinajstić information content (AvgIpc) is 2.44.